The minimum absolute atomic E-state index is 0.0994. The van der Waals surface area contributed by atoms with Crippen LogP contribution in [-0.2, 0) is 24.8 Å². The van der Waals surface area contributed by atoms with Gasteiger partial charge in [-0.2, -0.15) is 4.31 Å². The van der Waals surface area contributed by atoms with Crippen LogP contribution in [0, 0.1) is 0 Å². The van der Waals surface area contributed by atoms with Gasteiger partial charge in [-0.1, -0.05) is 0 Å². The molecule has 0 spiro atoms. The molecule has 0 saturated heterocycles. The summed E-state index contributed by atoms with van der Waals surface area (Å²) in [7, 11) is -6.52. The lowest BCUT2D eigenvalue weighted by Gasteiger charge is -2.18. The Bertz CT molecular complexity index is 739. The largest absolute Gasteiger partial charge is 0.353 e. The van der Waals surface area contributed by atoms with Crippen molar-refractivity contribution in [2.75, 3.05) is 13.6 Å². The summed E-state index contributed by atoms with van der Waals surface area (Å²) in [6.45, 7) is 3.19. The zero-order chi connectivity index (χ0) is 17.1. The fourth-order valence-corrected chi connectivity index (χ4v) is 3.28. The Balaban J connectivity index is 2.96. The van der Waals surface area contributed by atoms with Crippen molar-refractivity contribution >= 4 is 26.0 Å². The standard InChI is InChI=1S/C12H19N3O5S2/c1-9(2)14-12(16)8-15(3)22(19,20)11-6-4-10(5-7-11)21(13,17)18/h4-7,9H,8H2,1-3H3,(H,14,16)(H2,13,17,18). The van der Waals surface area contributed by atoms with Gasteiger partial charge in [-0.15, -0.1) is 0 Å². The molecule has 0 aliphatic heterocycles. The van der Waals surface area contributed by atoms with Gasteiger partial charge in [-0.05, 0) is 38.1 Å². The monoisotopic (exact) mass is 349 g/mol. The van der Waals surface area contributed by atoms with Crippen molar-refractivity contribution in [1.29, 1.82) is 0 Å². The van der Waals surface area contributed by atoms with Gasteiger partial charge >= 0.3 is 0 Å². The molecule has 0 aromatic heterocycles. The number of benzene rings is 1. The van der Waals surface area contributed by atoms with Gasteiger partial charge in [-0.3, -0.25) is 4.79 Å². The third kappa shape index (κ3) is 4.77. The molecule has 10 heteroatoms. The molecule has 0 saturated carbocycles. The first-order valence-corrected chi connectivity index (χ1v) is 9.32. The number of nitrogens with one attached hydrogen (secondary N) is 1. The quantitative estimate of drug-likeness (QED) is 0.714. The molecule has 22 heavy (non-hydrogen) atoms. The number of nitrogens with zero attached hydrogens (tertiary/aromatic N) is 1. The van der Waals surface area contributed by atoms with Crippen molar-refractivity contribution < 1.29 is 21.6 Å². The maximum atomic E-state index is 12.3. The molecular formula is C12H19N3O5S2. The van der Waals surface area contributed by atoms with Gasteiger partial charge in [0, 0.05) is 13.1 Å². The molecule has 0 aliphatic rings. The number of hydrogen-bond donors (Lipinski definition) is 2. The number of carbonyl (C=O) groups excluding carboxylic acids is 1. The summed E-state index contributed by atoms with van der Waals surface area (Å²) < 4.78 is 47.7. The molecule has 0 atom stereocenters. The molecule has 3 N–H and O–H groups in total. The van der Waals surface area contributed by atoms with Crippen molar-refractivity contribution in [3.05, 3.63) is 24.3 Å². The van der Waals surface area contributed by atoms with Crippen molar-refractivity contribution in [2.24, 2.45) is 5.14 Å². The lowest BCUT2D eigenvalue weighted by Crippen LogP contribution is -2.40. The smallest absolute Gasteiger partial charge is 0.243 e. The van der Waals surface area contributed by atoms with E-state index >= 15 is 0 Å². The number of sulfonamides is 2. The number of primary sulfonamides is 1. The van der Waals surface area contributed by atoms with Gasteiger partial charge < -0.3 is 5.32 Å². The third-order valence-corrected chi connectivity index (χ3v) is 5.42. The second-order valence-electron chi connectivity index (χ2n) is 5.00. The minimum Gasteiger partial charge on any atom is -0.353 e. The summed E-state index contributed by atoms with van der Waals surface area (Å²) >= 11 is 0. The Morgan fingerprint density at radius 3 is 2.00 bits per heavy atom. The highest BCUT2D eigenvalue weighted by molar-refractivity contribution is 7.89. The average Bonchev–Trinajstić information content (AvgIpc) is 2.36. The van der Waals surface area contributed by atoms with Crippen LogP contribution in [-0.4, -0.2) is 46.7 Å². The normalized spacial score (nSPS) is 12.6. The molecule has 0 bridgehead atoms. The molecule has 0 radical (unpaired) electrons. The molecule has 8 nitrogen and oxygen atoms in total. The van der Waals surface area contributed by atoms with Gasteiger partial charge in [0.05, 0.1) is 16.3 Å². The molecule has 1 rings (SSSR count). The molecule has 124 valence electrons. The number of hydrogen-bond acceptors (Lipinski definition) is 5. The predicted octanol–water partition coefficient (Wildman–Crippen LogP) is -0.521. The molecule has 0 aliphatic carbocycles. The summed E-state index contributed by atoms with van der Waals surface area (Å²) in [5.41, 5.74) is 0. The first kappa shape index (κ1) is 18.6. The highest BCUT2D eigenvalue weighted by Crippen LogP contribution is 2.16. The Labute approximate surface area is 130 Å². The SMILES string of the molecule is CC(C)NC(=O)CN(C)S(=O)(=O)c1ccc(S(N)(=O)=O)cc1. The van der Waals surface area contributed by atoms with Crippen LogP contribution in [0.5, 0.6) is 0 Å². The molecule has 1 amide bonds. The lowest BCUT2D eigenvalue weighted by molar-refractivity contribution is -0.121. The Morgan fingerprint density at radius 1 is 1.14 bits per heavy atom. The minimum atomic E-state index is -3.90. The molecule has 1 aromatic carbocycles. The fourth-order valence-electron chi connectivity index (χ4n) is 1.64. The number of rotatable bonds is 6. The number of nitrogens with two attached hydrogens (primary N) is 1. The van der Waals surface area contributed by atoms with Crippen LogP contribution in [0.15, 0.2) is 34.1 Å². The summed E-state index contributed by atoms with van der Waals surface area (Å²) in [5, 5.41) is 7.53. The van der Waals surface area contributed by atoms with Crippen molar-refractivity contribution in [3.8, 4) is 0 Å². The first-order chi connectivity index (χ1) is 9.94. The van der Waals surface area contributed by atoms with E-state index < -0.39 is 26.0 Å². The van der Waals surface area contributed by atoms with E-state index in [4.69, 9.17) is 5.14 Å². The van der Waals surface area contributed by atoms with Gasteiger partial charge in [0.1, 0.15) is 0 Å². The zero-order valence-corrected chi connectivity index (χ0v) is 14.1. The average molecular weight is 349 g/mol. The first-order valence-electron chi connectivity index (χ1n) is 6.33. The maximum Gasteiger partial charge on any atom is 0.243 e. The summed E-state index contributed by atoms with van der Waals surface area (Å²) in [6.07, 6.45) is 0. The second-order valence-corrected chi connectivity index (χ2v) is 8.61. The van der Waals surface area contributed by atoms with E-state index in [1.807, 2.05) is 0 Å². The van der Waals surface area contributed by atoms with E-state index in [0.29, 0.717) is 0 Å². The van der Waals surface area contributed by atoms with E-state index in [2.05, 4.69) is 5.32 Å². The molecular weight excluding hydrogens is 330 g/mol. The van der Waals surface area contributed by atoms with Crippen molar-refractivity contribution in [2.45, 2.75) is 29.7 Å². The van der Waals surface area contributed by atoms with Gasteiger partial charge in [0.15, 0.2) is 0 Å². The van der Waals surface area contributed by atoms with Gasteiger partial charge in [-0.25, -0.2) is 22.0 Å². The van der Waals surface area contributed by atoms with Crippen LogP contribution in [0.25, 0.3) is 0 Å². The van der Waals surface area contributed by atoms with E-state index in [9.17, 15) is 21.6 Å². The predicted molar refractivity (Wildman–Crippen MR) is 80.9 cm³/mol. The van der Waals surface area contributed by atoms with Gasteiger partial charge in [0.2, 0.25) is 26.0 Å². The highest BCUT2D eigenvalue weighted by Gasteiger charge is 2.23. The Kier molecular flexibility index (Phi) is 5.68. The Morgan fingerprint density at radius 2 is 1.59 bits per heavy atom. The maximum absolute atomic E-state index is 12.3. The molecule has 0 heterocycles. The van der Waals surface area contributed by atoms with Crippen LogP contribution < -0.4 is 10.5 Å². The van der Waals surface area contributed by atoms with E-state index in [-0.39, 0.29) is 22.4 Å². The molecule has 0 fully saturated rings. The fraction of sp³-hybridized carbons (Fsp3) is 0.417. The zero-order valence-electron chi connectivity index (χ0n) is 12.5. The number of carbonyl (C=O) groups is 1. The highest BCUT2D eigenvalue weighted by atomic mass is 32.2. The summed E-state index contributed by atoms with van der Waals surface area (Å²) in [6, 6.07) is 4.37. The second kappa shape index (κ2) is 6.73. The number of likely N-dealkylation sites (N-methyl/N-ethyl adjacent to an activating group) is 1. The van der Waals surface area contributed by atoms with E-state index in [1.165, 1.54) is 7.05 Å². The molecule has 0 unspecified atom stereocenters. The van der Waals surface area contributed by atoms with Crippen molar-refractivity contribution in [3.63, 3.8) is 0 Å². The van der Waals surface area contributed by atoms with E-state index in [0.717, 1.165) is 28.6 Å². The van der Waals surface area contributed by atoms with E-state index in [1.54, 1.807) is 13.8 Å². The van der Waals surface area contributed by atoms with Crippen LogP contribution in [0.3, 0.4) is 0 Å². The molecule has 1 aromatic rings. The Hall–Kier alpha value is -1.49. The van der Waals surface area contributed by atoms with Crippen molar-refractivity contribution in [1.82, 2.24) is 9.62 Å². The summed E-state index contributed by atoms with van der Waals surface area (Å²) in [4.78, 5) is 11.3. The topological polar surface area (TPSA) is 127 Å². The van der Waals surface area contributed by atoms with Crippen LogP contribution in [0.2, 0.25) is 0 Å². The number of amides is 1. The van der Waals surface area contributed by atoms with Gasteiger partial charge in [0.25, 0.3) is 0 Å². The lowest BCUT2D eigenvalue weighted by atomic mass is 10.4. The van der Waals surface area contributed by atoms with Crippen LogP contribution >= 0.6 is 0 Å². The summed E-state index contributed by atoms with van der Waals surface area (Å²) in [5.74, 6) is -0.428. The van der Waals surface area contributed by atoms with Crippen LogP contribution in [0.4, 0.5) is 0 Å². The van der Waals surface area contributed by atoms with Crippen LogP contribution in [0.1, 0.15) is 13.8 Å². The third-order valence-electron chi connectivity index (χ3n) is 2.68.